The molecule has 0 fully saturated rings. The fourth-order valence-corrected chi connectivity index (χ4v) is 3.61. The minimum atomic E-state index is -0.623. The molecule has 2 aliphatic rings. The van der Waals surface area contributed by atoms with Gasteiger partial charge in [-0.3, -0.25) is 10.3 Å². The van der Waals surface area contributed by atoms with Crippen molar-refractivity contribution >= 4 is 34.5 Å². The molecule has 10 nitrogen and oxygen atoms in total. The average Bonchev–Trinajstić information content (AvgIpc) is 3.29. The summed E-state index contributed by atoms with van der Waals surface area (Å²) < 4.78 is 31.4. The monoisotopic (exact) mass is 440 g/mol. The van der Waals surface area contributed by atoms with Crippen LogP contribution >= 0.6 is 0 Å². The van der Waals surface area contributed by atoms with E-state index in [4.69, 9.17) is 24.8 Å². The molecule has 0 spiro atoms. The van der Waals surface area contributed by atoms with Gasteiger partial charge in [0.25, 0.3) is 0 Å². The molecule has 3 aromatic rings. The Hall–Kier alpha value is -3.99. The van der Waals surface area contributed by atoms with Crippen LogP contribution in [0, 0.1) is 5.82 Å². The number of hydrogen-bond donors (Lipinski definition) is 4. The summed E-state index contributed by atoms with van der Waals surface area (Å²) in [4.78, 5) is 13.3. The van der Waals surface area contributed by atoms with E-state index in [1.54, 1.807) is 24.3 Å². The second kappa shape index (κ2) is 8.27. The summed E-state index contributed by atoms with van der Waals surface area (Å²) in [5.74, 6) is 1.41. The molecule has 0 saturated heterocycles. The quantitative estimate of drug-likeness (QED) is 0.335. The number of fused-ring (bicyclic) bond motifs is 2. The van der Waals surface area contributed by atoms with Crippen molar-refractivity contribution in [2.24, 2.45) is 0 Å². The Balaban J connectivity index is 1.42. The number of rotatable bonds is 6. The highest BCUT2D eigenvalue weighted by Gasteiger charge is 2.24. The molecule has 32 heavy (non-hydrogen) atoms. The predicted molar refractivity (Wildman–Crippen MR) is 117 cm³/mol. The molecule has 0 amide bonds. The SMILES string of the molecule is CONc1c(N)cc(Nc2nc(Nc3ccc4c(c3)OCCO4)ncc2F)c2c1CCO2. The number of benzene rings is 2. The first-order valence-electron chi connectivity index (χ1n) is 9.96. The highest BCUT2D eigenvalue weighted by atomic mass is 19.1. The first kappa shape index (κ1) is 19.9. The molecule has 3 heterocycles. The lowest BCUT2D eigenvalue weighted by molar-refractivity contribution is 0.171. The molecule has 5 N–H and O–H groups in total. The molecule has 0 saturated carbocycles. The second-order valence-corrected chi connectivity index (χ2v) is 7.10. The van der Waals surface area contributed by atoms with Gasteiger partial charge >= 0.3 is 0 Å². The predicted octanol–water partition coefficient (Wildman–Crippen LogP) is 3.36. The number of anilines is 6. The van der Waals surface area contributed by atoms with Gasteiger partial charge in [-0.25, -0.2) is 9.37 Å². The molecule has 2 aliphatic heterocycles. The first-order valence-corrected chi connectivity index (χ1v) is 9.96. The summed E-state index contributed by atoms with van der Waals surface area (Å²) in [5.41, 5.74) is 12.0. The van der Waals surface area contributed by atoms with E-state index in [1.165, 1.54) is 7.11 Å². The van der Waals surface area contributed by atoms with Crippen LogP contribution in [0.2, 0.25) is 0 Å². The van der Waals surface area contributed by atoms with Gasteiger partial charge in [0, 0.05) is 23.7 Å². The number of ether oxygens (including phenoxy) is 3. The summed E-state index contributed by atoms with van der Waals surface area (Å²) >= 11 is 0. The molecular weight excluding hydrogens is 419 g/mol. The zero-order chi connectivity index (χ0) is 22.1. The maximum absolute atomic E-state index is 14.5. The third kappa shape index (κ3) is 3.73. The molecule has 2 aromatic carbocycles. The van der Waals surface area contributed by atoms with Crippen molar-refractivity contribution in [3.63, 3.8) is 0 Å². The molecule has 0 bridgehead atoms. The Morgan fingerprint density at radius 3 is 2.75 bits per heavy atom. The zero-order valence-electron chi connectivity index (χ0n) is 17.2. The standard InChI is InChI=1S/C21H21FN6O4/c1-29-28-18-12-4-5-32-19(12)15(9-14(18)23)26-20-13(22)10-24-21(27-20)25-11-2-3-16-17(8-11)31-7-6-30-16/h2-3,8-10,28H,4-7,23H2,1H3,(H2,24,25,26,27). The largest absolute Gasteiger partial charge is 0.491 e. The summed E-state index contributed by atoms with van der Waals surface area (Å²) in [6, 6.07) is 7.01. The molecule has 11 heteroatoms. The third-order valence-electron chi connectivity index (χ3n) is 5.01. The van der Waals surface area contributed by atoms with Gasteiger partial charge in [-0.15, -0.1) is 0 Å². The Morgan fingerprint density at radius 2 is 1.91 bits per heavy atom. The first-order chi connectivity index (χ1) is 15.6. The van der Waals surface area contributed by atoms with E-state index in [0.29, 0.717) is 66.2 Å². The highest BCUT2D eigenvalue weighted by Crippen LogP contribution is 2.43. The van der Waals surface area contributed by atoms with Crippen LogP contribution in [-0.4, -0.2) is 36.9 Å². The molecular formula is C21H21FN6O4. The minimum Gasteiger partial charge on any atom is -0.491 e. The van der Waals surface area contributed by atoms with E-state index in [9.17, 15) is 4.39 Å². The van der Waals surface area contributed by atoms with Crippen molar-refractivity contribution in [3.8, 4) is 17.2 Å². The van der Waals surface area contributed by atoms with Crippen LogP contribution in [0.15, 0.2) is 30.5 Å². The molecule has 0 aliphatic carbocycles. The highest BCUT2D eigenvalue weighted by molar-refractivity contribution is 5.83. The van der Waals surface area contributed by atoms with Gasteiger partial charge in [0.1, 0.15) is 19.0 Å². The molecule has 5 rings (SSSR count). The van der Waals surface area contributed by atoms with Crippen molar-refractivity contribution in [1.29, 1.82) is 0 Å². The van der Waals surface area contributed by atoms with Gasteiger partial charge in [-0.1, -0.05) is 0 Å². The molecule has 166 valence electrons. The minimum absolute atomic E-state index is 0.0235. The van der Waals surface area contributed by atoms with Gasteiger partial charge in [-0.05, 0) is 18.2 Å². The van der Waals surface area contributed by atoms with E-state index in [2.05, 4.69) is 26.1 Å². The van der Waals surface area contributed by atoms with Gasteiger partial charge in [-0.2, -0.15) is 4.98 Å². The summed E-state index contributed by atoms with van der Waals surface area (Å²) in [6.07, 6.45) is 1.73. The van der Waals surface area contributed by atoms with E-state index >= 15 is 0 Å². The number of halogens is 1. The fraction of sp³-hybridized carbons (Fsp3) is 0.238. The van der Waals surface area contributed by atoms with Crippen LogP contribution in [0.3, 0.4) is 0 Å². The van der Waals surface area contributed by atoms with E-state index in [-0.39, 0.29) is 11.8 Å². The molecule has 0 atom stereocenters. The normalized spacial score (nSPS) is 13.8. The van der Waals surface area contributed by atoms with Gasteiger partial charge in [0.2, 0.25) is 5.95 Å². The van der Waals surface area contributed by atoms with E-state index in [0.717, 1.165) is 11.8 Å². The molecule has 0 radical (unpaired) electrons. The Kier molecular flexibility index (Phi) is 5.15. The number of aromatic nitrogens is 2. The van der Waals surface area contributed by atoms with Crippen LogP contribution in [-0.2, 0) is 11.3 Å². The lowest BCUT2D eigenvalue weighted by Gasteiger charge is -2.19. The van der Waals surface area contributed by atoms with Crippen molar-refractivity contribution in [2.45, 2.75) is 6.42 Å². The van der Waals surface area contributed by atoms with Crippen molar-refractivity contribution in [3.05, 3.63) is 41.8 Å². The Morgan fingerprint density at radius 1 is 1.06 bits per heavy atom. The van der Waals surface area contributed by atoms with Gasteiger partial charge in [0.05, 0.1) is 37.0 Å². The number of hydrogen-bond acceptors (Lipinski definition) is 10. The van der Waals surface area contributed by atoms with Crippen molar-refractivity contribution < 1.29 is 23.4 Å². The van der Waals surface area contributed by atoms with Crippen molar-refractivity contribution in [2.75, 3.05) is 48.8 Å². The lowest BCUT2D eigenvalue weighted by atomic mass is 10.1. The maximum atomic E-state index is 14.5. The summed E-state index contributed by atoms with van der Waals surface area (Å²) in [7, 11) is 1.50. The number of nitrogens with two attached hydrogens (primary N) is 1. The van der Waals surface area contributed by atoms with Crippen molar-refractivity contribution in [1.82, 2.24) is 9.97 Å². The number of nitrogens with zero attached hydrogens (tertiary/aromatic N) is 2. The zero-order valence-corrected chi connectivity index (χ0v) is 17.2. The van der Waals surface area contributed by atoms with Crippen LogP contribution in [0.1, 0.15) is 5.56 Å². The Bertz CT molecular complexity index is 1180. The van der Waals surface area contributed by atoms with Crippen LogP contribution in [0.25, 0.3) is 0 Å². The number of nitrogen functional groups attached to an aromatic ring is 1. The maximum Gasteiger partial charge on any atom is 0.229 e. The smallest absolute Gasteiger partial charge is 0.229 e. The topological polar surface area (TPSA) is 125 Å². The lowest BCUT2D eigenvalue weighted by Crippen LogP contribution is -2.15. The van der Waals surface area contributed by atoms with E-state index < -0.39 is 5.82 Å². The van der Waals surface area contributed by atoms with Crippen LogP contribution in [0.5, 0.6) is 17.2 Å². The van der Waals surface area contributed by atoms with Crippen LogP contribution in [0.4, 0.5) is 38.9 Å². The number of nitrogens with one attached hydrogen (secondary N) is 3. The summed E-state index contributed by atoms with van der Waals surface area (Å²) in [5, 5.41) is 6.02. The fourth-order valence-electron chi connectivity index (χ4n) is 3.61. The van der Waals surface area contributed by atoms with Gasteiger partial charge < -0.3 is 30.6 Å². The average molecular weight is 440 g/mol. The molecule has 1 aromatic heterocycles. The summed E-state index contributed by atoms with van der Waals surface area (Å²) in [6.45, 7) is 1.47. The third-order valence-corrected chi connectivity index (χ3v) is 5.01. The van der Waals surface area contributed by atoms with Crippen LogP contribution < -0.4 is 36.1 Å². The van der Waals surface area contributed by atoms with Gasteiger partial charge in [0.15, 0.2) is 23.1 Å². The molecule has 0 unspecified atom stereocenters. The van der Waals surface area contributed by atoms with E-state index in [1.807, 2.05) is 0 Å². The Labute approximate surface area is 182 Å². The second-order valence-electron chi connectivity index (χ2n) is 7.10.